The van der Waals surface area contributed by atoms with Gasteiger partial charge in [-0.25, -0.2) is 0 Å². The molecule has 0 aliphatic carbocycles. The van der Waals surface area contributed by atoms with Gasteiger partial charge in [0.15, 0.2) is 0 Å². The predicted molar refractivity (Wildman–Crippen MR) is 66.5 cm³/mol. The lowest BCUT2D eigenvalue weighted by atomic mass is 10.0. The van der Waals surface area contributed by atoms with Gasteiger partial charge in [0.25, 0.3) is 0 Å². The summed E-state index contributed by atoms with van der Waals surface area (Å²) in [5, 5.41) is 7.61. The molecule has 0 spiro atoms. The number of carbonyl (C=O) groups excluding carboxylic acids is 1. The Balaban J connectivity index is 2.44. The van der Waals surface area contributed by atoms with Crippen molar-refractivity contribution in [3.05, 3.63) is 21.9 Å². The molecular formula is C12H19NO2S. The van der Waals surface area contributed by atoms with Crippen molar-refractivity contribution in [2.24, 2.45) is 5.92 Å². The Morgan fingerprint density at radius 1 is 1.50 bits per heavy atom. The molecule has 0 radical (unpaired) electrons. The Morgan fingerprint density at radius 2 is 2.19 bits per heavy atom. The SMILES string of the molecule is COC(=O)C(C)C(C)NCc1cscc1C. The van der Waals surface area contributed by atoms with Crippen LogP contribution in [0.5, 0.6) is 0 Å². The first kappa shape index (κ1) is 13.2. The van der Waals surface area contributed by atoms with Crippen LogP contribution >= 0.6 is 11.3 Å². The topological polar surface area (TPSA) is 38.3 Å². The molecule has 0 saturated heterocycles. The van der Waals surface area contributed by atoms with Gasteiger partial charge in [0.05, 0.1) is 13.0 Å². The summed E-state index contributed by atoms with van der Waals surface area (Å²) in [6.07, 6.45) is 0. The minimum Gasteiger partial charge on any atom is -0.469 e. The molecule has 4 heteroatoms. The number of thiophene rings is 1. The van der Waals surface area contributed by atoms with E-state index in [-0.39, 0.29) is 17.9 Å². The minimum atomic E-state index is -0.165. The van der Waals surface area contributed by atoms with Gasteiger partial charge < -0.3 is 10.1 Å². The highest BCUT2D eigenvalue weighted by Gasteiger charge is 2.20. The molecule has 90 valence electrons. The quantitative estimate of drug-likeness (QED) is 0.804. The van der Waals surface area contributed by atoms with Crippen molar-refractivity contribution in [1.29, 1.82) is 0 Å². The van der Waals surface area contributed by atoms with E-state index in [2.05, 4.69) is 23.0 Å². The van der Waals surface area contributed by atoms with Gasteiger partial charge in [-0.05, 0) is 35.7 Å². The number of ether oxygens (including phenoxy) is 1. The number of esters is 1. The number of methoxy groups -OCH3 is 1. The van der Waals surface area contributed by atoms with E-state index in [0.717, 1.165) is 6.54 Å². The van der Waals surface area contributed by atoms with Crippen molar-refractivity contribution in [2.45, 2.75) is 33.4 Å². The van der Waals surface area contributed by atoms with Gasteiger partial charge in [-0.15, -0.1) is 0 Å². The summed E-state index contributed by atoms with van der Waals surface area (Å²) in [4.78, 5) is 11.3. The molecule has 0 saturated carbocycles. The van der Waals surface area contributed by atoms with Crippen molar-refractivity contribution in [2.75, 3.05) is 7.11 Å². The fourth-order valence-electron chi connectivity index (χ4n) is 1.41. The summed E-state index contributed by atoms with van der Waals surface area (Å²) < 4.78 is 4.72. The Hall–Kier alpha value is -0.870. The molecule has 0 bridgehead atoms. The smallest absolute Gasteiger partial charge is 0.309 e. The molecule has 1 rings (SSSR count). The van der Waals surface area contributed by atoms with Gasteiger partial charge in [-0.3, -0.25) is 4.79 Å². The summed E-state index contributed by atoms with van der Waals surface area (Å²) in [7, 11) is 1.43. The van der Waals surface area contributed by atoms with Crippen LogP contribution in [0.25, 0.3) is 0 Å². The van der Waals surface area contributed by atoms with E-state index in [9.17, 15) is 4.79 Å². The Labute approximate surface area is 101 Å². The summed E-state index contributed by atoms with van der Waals surface area (Å²) in [6, 6.07) is 0.117. The predicted octanol–water partition coefficient (Wildman–Crippen LogP) is 2.34. The summed E-state index contributed by atoms with van der Waals surface area (Å²) in [6.45, 7) is 6.78. The lowest BCUT2D eigenvalue weighted by Crippen LogP contribution is -2.36. The molecule has 2 atom stereocenters. The lowest BCUT2D eigenvalue weighted by molar-refractivity contribution is -0.145. The maximum absolute atomic E-state index is 11.3. The molecule has 0 fully saturated rings. The maximum Gasteiger partial charge on any atom is 0.309 e. The van der Waals surface area contributed by atoms with E-state index in [0.29, 0.717) is 0 Å². The Kier molecular flexibility index (Phi) is 4.96. The first-order valence-electron chi connectivity index (χ1n) is 5.39. The second-order valence-corrected chi connectivity index (χ2v) is 4.81. The van der Waals surface area contributed by atoms with Gasteiger partial charge in [0.1, 0.15) is 0 Å². The molecule has 2 unspecified atom stereocenters. The summed E-state index contributed by atoms with van der Waals surface area (Å²) in [5.74, 6) is -0.286. The van der Waals surface area contributed by atoms with E-state index in [1.165, 1.54) is 18.2 Å². The van der Waals surface area contributed by atoms with Crippen LogP contribution in [0.4, 0.5) is 0 Å². The van der Waals surface area contributed by atoms with E-state index < -0.39 is 0 Å². The Morgan fingerprint density at radius 3 is 2.69 bits per heavy atom. The zero-order valence-corrected chi connectivity index (χ0v) is 11.1. The number of nitrogens with one attached hydrogen (secondary N) is 1. The van der Waals surface area contributed by atoms with E-state index in [1.54, 1.807) is 11.3 Å². The highest BCUT2D eigenvalue weighted by atomic mass is 32.1. The molecule has 1 heterocycles. The van der Waals surface area contributed by atoms with Gasteiger partial charge in [-0.1, -0.05) is 6.92 Å². The highest BCUT2D eigenvalue weighted by molar-refractivity contribution is 7.08. The van der Waals surface area contributed by atoms with E-state index in [4.69, 9.17) is 4.74 Å². The summed E-state index contributed by atoms with van der Waals surface area (Å²) in [5.41, 5.74) is 2.60. The maximum atomic E-state index is 11.3. The molecule has 0 amide bonds. The van der Waals surface area contributed by atoms with Crippen molar-refractivity contribution in [3.8, 4) is 0 Å². The normalized spacial score (nSPS) is 14.5. The van der Waals surface area contributed by atoms with Crippen LogP contribution in [-0.2, 0) is 16.1 Å². The van der Waals surface area contributed by atoms with Gasteiger partial charge in [0.2, 0.25) is 0 Å². The largest absolute Gasteiger partial charge is 0.469 e. The average molecular weight is 241 g/mol. The second-order valence-electron chi connectivity index (χ2n) is 4.06. The van der Waals surface area contributed by atoms with Crippen LogP contribution in [0.3, 0.4) is 0 Å². The highest BCUT2D eigenvalue weighted by Crippen LogP contribution is 2.14. The first-order chi connectivity index (χ1) is 7.56. The van der Waals surface area contributed by atoms with Gasteiger partial charge in [-0.2, -0.15) is 11.3 Å². The molecule has 1 aromatic rings. The van der Waals surface area contributed by atoms with Crippen LogP contribution in [0, 0.1) is 12.8 Å². The monoisotopic (exact) mass is 241 g/mol. The van der Waals surface area contributed by atoms with Crippen LogP contribution < -0.4 is 5.32 Å². The number of hydrogen-bond acceptors (Lipinski definition) is 4. The molecule has 3 nitrogen and oxygen atoms in total. The van der Waals surface area contributed by atoms with Crippen LogP contribution in [0.2, 0.25) is 0 Å². The second kappa shape index (κ2) is 6.01. The van der Waals surface area contributed by atoms with Crippen molar-refractivity contribution in [3.63, 3.8) is 0 Å². The van der Waals surface area contributed by atoms with Gasteiger partial charge in [0, 0.05) is 12.6 Å². The van der Waals surface area contributed by atoms with E-state index in [1.807, 2.05) is 13.8 Å². The van der Waals surface area contributed by atoms with Crippen molar-refractivity contribution >= 4 is 17.3 Å². The number of rotatable bonds is 5. The average Bonchev–Trinajstić information content (AvgIpc) is 2.69. The standard InChI is InChI=1S/C12H19NO2S/c1-8-6-16-7-11(8)5-13-10(3)9(2)12(14)15-4/h6-7,9-10,13H,5H2,1-4H3. The number of aryl methyl sites for hydroxylation is 1. The summed E-state index contributed by atoms with van der Waals surface area (Å²) >= 11 is 1.71. The van der Waals surface area contributed by atoms with E-state index >= 15 is 0 Å². The van der Waals surface area contributed by atoms with Gasteiger partial charge >= 0.3 is 5.97 Å². The molecule has 0 aromatic carbocycles. The van der Waals surface area contributed by atoms with Crippen molar-refractivity contribution < 1.29 is 9.53 Å². The zero-order valence-electron chi connectivity index (χ0n) is 10.2. The lowest BCUT2D eigenvalue weighted by Gasteiger charge is -2.19. The molecular weight excluding hydrogens is 222 g/mol. The zero-order chi connectivity index (χ0) is 12.1. The van der Waals surface area contributed by atoms with Crippen LogP contribution in [0.15, 0.2) is 10.8 Å². The van der Waals surface area contributed by atoms with Crippen LogP contribution in [0.1, 0.15) is 25.0 Å². The third-order valence-corrected chi connectivity index (χ3v) is 3.81. The van der Waals surface area contributed by atoms with Crippen molar-refractivity contribution in [1.82, 2.24) is 5.32 Å². The molecule has 16 heavy (non-hydrogen) atoms. The molecule has 1 aromatic heterocycles. The number of hydrogen-bond donors (Lipinski definition) is 1. The minimum absolute atomic E-state index is 0.117. The number of carbonyl (C=O) groups is 1. The Bertz CT molecular complexity index is 349. The van der Waals surface area contributed by atoms with Crippen LogP contribution in [-0.4, -0.2) is 19.1 Å². The first-order valence-corrected chi connectivity index (χ1v) is 6.33. The molecule has 0 aliphatic heterocycles. The molecule has 0 aliphatic rings. The third kappa shape index (κ3) is 3.32. The fourth-order valence-corrected chi connectivity index (χ4v) is 2.26. The third-order valence-electron chi connectivity index (χ3n) is 2.90. The molecule has 1 N–H and O–H groups in total. The fraction of sp³-hybridized carbons (Fsp3) is 0.583.